The van der Waals surface area contributed by atoms with Crippen LogP contribution in [0.25, 0.3) is 0 Å². The van der Waals surface area contributed by atoms with E-state index in [2.05, 4.69) is 19.0 Å². The van der Waals surface area contributed by atoms with Crippen LogP contribution in [0.4, 0.5) is 0 Å². The lowest BCUT2D eigenvalue weighted by molar-refractivity contribution is 0.0991. The molecular weight excluding hydrogens is 195 g/mol. The Morgan fingerprint density at radius 1 is 1.25 bits per heavy atom. The maximum Gasteiger partial charge on any atom is 0.00440 e. The maximum atomic E-state index is 5.69. The molecule has 0 saturated heterocycles. The molecule has 4 heteroatoms. The van der Waals surface area contributed by atoms with E-state index in [0.29, 0.717) is 5.41 Å². The average Bonchev–Trinajstić information content (AvgIpc) is 1.78. The molecule has 1 rings (SSSR count). The minimum atomic E-state index is 0. The molecule has 0 amide bonds. The zero-order chi connectivity index (χ0) is 7.61. The Hall–Kier alpha value is 0.500. The van der Waals surface area contributed by atoms with Crippen molar-refractivity contribution in [2.24, 2.45) is 11.1 Å². The van der Waals surface area contributed by atoms with Crippen molar-refractivity contribution in [1.29, 1.82) is 0 Å². The predicted molar refractivity (Wildman–Crippen MR) is 58.4 cm³/mol. The molecule has 76 valence electrons. The van der Waals surface area contributed by atoms with E-state index in [1.807, 2.05) is 0 Å². The lowest BCUT2D eigenvalue weighted by Crippen LogP contribution is -2.44. The van der Waals surface area contributed by atoms with E-state index in [0.717, 1.165) is 6.54 Å². The van der Waals surface area contributed by atoms with Gasteiger partial charge in [0.15, 0.2) is 0 Å². The first-order valence-corrected chi connectivity index (χ1v) is 4.03. The highest BCUT2D eigenvalue weighted by atomic mass is 35.5. The van der Waals surface area contributed by atoms with Crippen molar-refractivity contribution in [3.8, 4) is 0 Å². The third-order valence-electron chi connectivity index (χ3n) is 2.50. The van der Waals surface area contributed by atoms with Gasteiger partial charge in [0.05, 0.1) is 0 Å². The summed E-state index contributed by atoms with van der Waals surface area (Å²) in [7, 11) is 4.24. The normalized spacial score (nSPS) is 19.0. The second kappa shape index (κ2) is 6.03. The van der Waals surface area contributed by atoms with Crippen LogP contribution < -0.4 is 5.73 Å². The number of rotatable bonds is 3. The minimum absolute atomic E-state index is 0. The van der Waals surface area contributed by atoms with E-state index < -0.39 is 0 Å². The fourth-order valence-electron chi connectivity index (χ4n) is 1.77. The van der Waals surface area contributed by atoms with Crippen molar-refractivity contribution < 1.29 is 0 Å². The summed E-state index contributed by atoms with van der Waals surface area (Å²) in [4.78, 5) is 2.24. The first kappa shape index (κ1) is 15.0. The first-order valence-electron chi connectivity index (χ1n) is 4.03. The van der Waals surface area contributed by atoms with Gasteiger partial charge in [-0.1, -0.05) is 6.42 Å². The molecule has 1 fully saturated rings. The third kappa shape index (κ3) is 3.48. The molecule has 0 unspecified atom stereocenters. The Morgan fingerprint density at radius 2 is 1.75 bits per heavy atom. The largest absolute Gasteiger partial charge is 0.330 e. The average molecular weight is 215 g/mol. The fourth-order valence-corrected chi connectivity index (χ4v) is 1.77. The van der Waals surface area contributed by atoms with Gasteiger partial charge in [-0.05, 0) is 38.9 Å². The van der Waals surface area contributed by atoms with E-state index in [-0.39, 0.29) is 24.8 Å². The molecule has 2 N–H and O–H groups in total. The molecule has 0 bridgehead atoms. The number of hydrogen-bond donors (Lipinski definition) is 1. The molecule has 0 atom stereocenters. The molecule has 1 aliphatic carbocycles. The van der Waals surface area contributed by atoms with Crippen molar-refractivity contribution in [2.45, 2.75) is 19.3 Å². The molecule has 0 aromatic carbocycles. The predicted octanol–water partition coefficient (Wildman–Crippen LogP) is 1.52. The molecule has 12 heavy (non-hydrogen) atoms. The second-order valence-corrected chi connectivity index (χ2v) is 3.80. The molecule has 1 saturated carbocycles. The van der Waals surface area contributed by atoms with Crippen molar-refractivity contribution in [3.63, 3.8) is 0 Å². The monoisotopic (exact) mass is 214 g/mol. The highest BCUT2D eigenvalue weighted by Gasteiger charge is 2.35. The summed E-state index contributed by atoms with van der Waals surface area (Å²) >= 11 is 0. The van der Waals surface area contributed by atoms with Crippen molar-refractivity contribution in [3.05, 3.63) is 0 Å². The molecule has 0 aliphatic heterocycles. The fraction of sp³-hybridized carbons (Fsp3) is 1.00. The van der Waals surface area contributed by atoms with Gasteiger partial charge in [0, 0.05) is 6.54 Å². The molecule has 1 aliphatic rings. The summed E-state index contributed by atoms with van der Waals surface area (Å²) in [6.07, 6.45) is 4.05. The summed E-state index contributed by atoms with van der Waals surface area (Å²) in [5.74, 6) is 0. The van der Waals surface area contributed by atoms with E-state index in [9.17, 15) is 0 Å². The van der Waals surface area contributed by atoms with Crippen LogP contribution in [0, 0.1) is 5.41 Å². The van der Waals surface area contributed by atoms with Gasteiger partial charge in [-0.15, -0.1) is 24.8 Å². The molecular formula is C8H20Cl2N2. The molecule has 0 aromatic heterocycles. The van der Waals surface area contributed by atoms with Crippen LogP contribution in [-0.4, -0.2) is 32.1 Å². The maximum absolute atomic E-state index is 5.69. The number of nitrogens with two attached hydrogens (primary N) is 1. The van der Waals surface area contributed by atoms with Crippen LogP contribution in [0.2, 0.25) is 0 Å². The SMILES string of the molecule is CN(C)CC1(CN)CCC1.Cl.Cl. The smallest absolute Gasteiger partial charge is 0.00440 e. The third-order valence-corrected chi connectivity index (χ3v) is 2.50. The van der Waals surface area contributed by atoms with E-state index >= 15 is 0 Å². The number of nitrogens with zero attached hydrogens (tertiary/aromatic N) is 1. The van der Waals surface area contributed by atoms with Gasteiger partial charge < -0.3 is 10.6 Å². The summed E-state index contributed by atoms with van der Waals surface area (Å²) in [6, 6.07) is 0. The zero-order valence-corrected chi connectivity index (χ0v) is 9.51. The van der Waals surface area contributed by atoms with Crippen molar-refractivity contribution in [2.75, 3.05) is 27.2 Å². The van der Waals surface area contributed by atoms with E-state index in [4.69, 9.17) is 5.73 Å². The Kier molecular flexibility index (Phi) is 7.54. The van der Waals surface area contributed by atoms with Gasteiger partial charge >= 0.3 is 0 Å². The van der Waals surface area contributed by atoms with Gasteiger partial charge in [-0.25, -0.2) is 0 Å². The quantitative estimate of drug-likeness (QED) is 0.773. The van der Waals surface area contributed by atoms with Gasteiger partial charge in [-0.3, -0.25) is 0 Å². The number of hydrogen-bond acceptors (Lipinski definition) is 2. The Bertz CT molecular complexity index is 108. The van der Waals surface area contributed by atoms with Crippen molar-refractivity contribution >= 4 is 24.8 Å². The highest BCUT2D eigenvalue weighted by Crippen LogP contribution is 2.39. The Labute approximate surface area is 87.7 Å². The summed E-state index contributed by atoms with van der Waals surface area (Å²) in [6.45, 7) is 2.04. The Balaban J connectivity index is 0. The lowest BCUT2D eigenvalue weighted by Gasteiger charge is -2.42. The molecule has 2 nitrogen and oxygen atoms in total. The van der Waals surface area contributed by atoms with E-state index in [1.54, 1.807) is 0 Å². The van der Waals surface area contributed by atoms with E-state index in [1.165, 1.54) is 25.8 Å². The van der Waals surface area contributed by atoms with Crippen LogP contribution in [-0.2, 0) is 0 Å². The van der Waals surface area contributed by atoms with Crippen LogP contribution >= 0.6 is 24.8 Å². The van der Waals surface area contributed by atoms with Crippen LogP contribution in [0.15, 0.2) is 0 Å². The lowest BCUT2D eigenvalue weighted by atomic mass is 9.68. The van der Waals surface area contributed by atoms with Gasteiger partial charge in [0.25, 0.3) is 0 Å². The van der Waals surface area contributed by atoms with Crippen LogP contribution in [0.5, 0.6) is 0 Å². The summed E-state index contributed by atoms with van der Waals surface area (Å²) in [5.41, 5.74) is 6.18. The molecule has 0 aromatic rings. The standard InChI is InChI=1S/C8H18N2.2ClH/c1-10(2)7-8(6-9)4-3-5-8;;/h3-7,9H2,1-2H3;2*1H. The second-order valence-electron chi connectivity index (χ2n) is 3.80. The highest BCUT2D eigenvalue weighted by molar-refractivity contribution is 5.85. The first-order chi connectivity index (χ1) is 4.68. The van der Waals surface area contributed by atoms with Crippen molar-refractivity contribution in [1.82, 2.24) is 4.90 Å². The van der Waals surface area contributed by atoms with Gasteiger partial charge in [-0.2, -0.15) is 0 Å². The van der Waals surface area contributed by atoms with Crippen LogP contribution in [0.1, 0.15) is 19.3 Å². The summed E-state index contributed by atoms with van der Waals surface area (Å²) < 4.78 is 0. The topological polar surface area (TPSA) is 29.3 Å². The van der Waals surface area contributed by atoms with Gasteiger partial charge in [0.1, 0.15) is 0 Å². The zero-order valence-electron chi connectivity index (χ0n) is 7.88. The number of halogens is 2. The van der Waals surface area contributed by atoms with Gasteiger partial charge in [0.2, 0.25) is 0 Å². The minimum Gasteiger partial charge on any atom is -0.330 e. The summed E-state index contributed by atoms with van der Waals surface area (Å²) in [5, 5.41) is 0. The molecule has 0 heterocycles. The molecule has 0 spiro atoms. The Morgan fingerprint density at radius 3 is 1.83 bits per heavy atom. The molecule has 0 radical (unpaired) electrons. The van der Waals surface area contributed by atoms with Crippen LogP contribution in [0.3, 0.4) is 0 Å².